The fourth-order valence-electron chi connectivity index (χ4n) is 3.42. The minimum absolute atomic E-state index is 0.273. The van der Waals surface area contributed by atoms with E-state index in [1.54, 1.807) is 0 Å². The first-order chi connectivity index (χ1) is 9.61. The SMILES string of the molecule is CN(CC(N)=O)C1CC(c2ccccc2)CCC1CN. The van der Waals surface area contributed by atoms with Crippen LogP contribution in [0, 0.1) is 5.92 Å². The number of hydrogen-bond acceptors (Lipinski definition) is 3. The second-order valence-electron chi connectivity index (χ2n) is 5.87. The highest BCUT2D eigenvalue weighted by Crippen LogP contribution is 2.37. The van der Waals surface area contributed by atoms with Crippen LogP contribution in [-0.2, 0) is 4.79 Å². The van der Waals surface area contributed by atoms with Crippen LogP contribution < -0.4 is 11.5 Å². The van der Waals surface area contributed by atoms with Gasteiger partial charge in [-0.2, -0.15) is 0 Å². The van der Waals surface area contributed by atoms with Crippen molar-refractivity contribution in [3.05, 3.63) is 35.9 Å². The third-order valence-corrected chi connectivity index (χ3v) is 4.50. The summed E-state index contributed by atoms with van der Waals surface area (Å²) in [6.07, 6.45) is 3.34. The van der Waals surface area contributed by atoms with E-state index in [0.717, 1.165) is 12.8 Å². The predicted octanol–water partition coefficient (Wildman–Crippen LogP) is 1.31. The fourth-order valence-corrected chi connectivity index (χ4v) is 3.42. The van der Waals surface area contributed by atoms with Crippen molar-refractivity contribution in [3.63, 3.8) is 0 Å². The molecule has 1 aromatic carbocycles. The lowest BCUT2D eigenvalue weighted by Gasteiger charge is -2.40. The molecular weight excluding hydrogens is 250 g/mol. The van der Waals surface area contributed by atoms with Gasteiger partial charge in [0.15, 0.2) is 0 Å². The molecule has 0 heterocycles. The van der Waals surface area contributed by atoms with Gasteiger partial charge in [0.05, 0.1) is 6.54 Å². The molecule has 2 rings (SSSR count). The Hall–Kier alpha value is -1.39. The summed E-state index contributed by atoms with van der Waals surface area (Å²) in [6, 6.07) is 11.0. The molecule has 3 unspecified atom stereocenters. The number of hydrogen-bond donors (Lipinski definition) is 2. The Morgan fingerprint density at radius 1 is 1.30 bits per heavy atom. The Morgan fingerprint density at radius 3 is 2.60 bits per heavy atom. The predicted molar refractivity (Wildman–Crippen MR) is 81.2 cm³/mol. The third kappa shape index (κ3) is 3.58. The van der Waals surface area contributed by atoms with Crippen molar-refractivity contribution in [1.82, 2.24) is 4.90 Å². The molecule has 1 aliphatic rings. The van der Waals surface area contributed by atoms with Gasteiger partial charge >= 0.3 is 0 Å². The van der Waals surface area contributed by atoms with Crippen molar-refractivity contribution >= 4 is 5.91 Å². The summed E-state index contributed by atoms with van der Waals surface area (Å²) >= 11 is 0. The summed E-state index contributed by atoms with van der Waals surface area (Å²) in [4.78, 5) is 13.2. The summed E-state index contributed by atoms with van der Waals surface area (Å²) in [5, 5.41) is 0. The van der Waals surface area contributed by atoms with Crippen molar-refractivity contribution in [3.8, 4) is 0 Å². The van der Waals surface area contributed by atoms with Gasteiger partial charge in [-0.25, -0.2) is 0 Å². The maximum Gasteiger partial charge on any atom is 0.231 e. The monoisotopic (exact) mass is 275 g/mol. The largest absolute Gasteiger partial charge is 0.369 e. The lowest BCUT2D eigenvalue weighted by Crippen LogP contribution is -2.47. The van der Waals surface area contributed by atoms with Gasteiger partial charge < -0.3 is 11.5 Å². The van der Waals surface area contributed by atoms with Gasteiger partial charge in [-0.3, -0.25) is 9.69 Å². The molecule has 0 aliphatic heterocycles. The smallest absolute Gasteiger partial charge is 0.231 e. The lowest BCUT2D eigenvalue weighted by molar-refractivity contribution is -0.119. The van der Waals surface area contributed by atoms with E-state index in [-0.39, 0.29) is 5.91 Å². The van der Waals surface area contributed by atoms with Gasteiger partial charge in [-0.05, 0) is 50.3 Å². The topological polar surface area (TPSA) is 72.3 Å². The fraction of sp³-hybridized carbons (Fsp3) is 0.562. The van der Waals surface area contributed by atoms with Crippen molar-refractivity contribution in [2.75, 3.05) is 20.1 Å². The van der Waals surface area contributed by atoms with E-state index in [4.69, 9.17) is 11.5 Å². The van der Waals surface area contributed by atoms with Crippen LogP contribution in [0.5, 0.6) is 0 Å². The van der Waals surface area contributed by atoms with E-state index in [0.29, 0.717) is 31.0 Å². The molecule has 0 spiro atoms. The molecule has 1 aliphatic carbocycles. The van der Waals surface area contributed by atoms with Gasteiger partial charge in [0.1, 0.15) is 0 Å². The summed E-state index contributed by atoms with van der Waals surface area (Å²) in [5.74, 6) is 0.740. The number of carbonyl (C=O) groups is 1. The molecule has 4 N–H and O–H groups in total. The molecule has 0 bridgehead atoms. The maximum absolute atomic E-state index is 11.1. The number of amides is 1. The highest BCUT2D eigenvalue weighted by atomic mass is 16.1. The van der Waals surface area contributed by atoms with E-state index >= 15 is 0 Å². The van der Waals surface area contributed by atoms with Gasteiger partial charge in [0, 0.05) is 6.04 Å². The van der Waals surface area contributed by atoms with Gasteiger partial charge in [0.25, 0.3) is 0 Å². The molecule has 0 radical (unpaired) electrons. The Labute approximate surface area is 121 Å². The van der Waals surface area contributed by atoms with E-state index in [1.807, 2.05) is 13.1 Å². The average Bonchev–Trinajstić information content (AvgIpc) is 2.46. The molecule has 1 amide bonds. The zero-order valence-electron chi connectivity index (χ0n) is 12.2. The van der Waals surface area contributed by atoms with Crippen LogP contribution in [0.3, 0.4) is 0 Å². The molecule has 0 aromatic heterocycles. The zero-order valence-corrected chi connectivity index (χ0v) is 12.2. The number of primary amides is 1. The standard InChI is InChI=1S/C16H25N3O/c1-19(11-16(18)20)15-9-13(7-8-14(15)10-17)12-5-3-2-4-6-12/h2-6,13-15H,7-11,17H2,1H3,(H2,18,20). The molecule has 4 heteroatoms. The van der Waals surface area contributed by atoms with Crippen LogP contribution in [0.1, 0.15) is 30.7 Å². The van der Waals surface area contributed by atoms with Crippen LogP contribution in [-0.4, -0.2) is 37.0 Å². The van der Waals surface area contributed by atoms with Crippen molar-refractivity contribution in [1.29, 1.82) is 0 Å². The number of carbonyl (C=O) groups excluding carboxylic acids is 1. The molecule has 3 atom stereocenters. The van der Waals surface area contributed by atoms with E-state index < -0.39 is 0 Å². The Kier molecular flexibility index (Phi) is 5.15. The van der Waals surface area contributed by atoms with Crippen LogP contribution in [0.2, 0.25) is 0 Å². The van der Waals surface area contributed by atoms with Crippen LogP contribution in [0.15, 0.2) is 30.3 Å². The summed E-state index contributed by atoms with van der Waals surface area (Å²) < 4.78 is 0. The first-order valence-electron chi connectivity index (χ1n) is 7.35. The summed E-state index contributed by atoms with van der Waals surface area (Å²) in [5.41, 5.74) is 12.6. The second-order valence-corrected chi connectivity index (χ2v) is 5.87. The van der Waals surface area contributed by atoms with Crippen LogP contribution in [0.25, 0.3) is 0 Å². The van der Waals surface area contributed by atoms with Crippen molar-refractivity contribution in [2.24, 2.45) is 17.4 Å². The zero-order chi connectivity index (χ0) is 14.5. The Bertz CT molecular complexity index is 435. The minimum Gasteiger partial charge on any atom is -0.369 e. The molecule has 110 valence electrons. The summed E-state index contributed by atoms with van der Waals surface area (Å²) in [7, 11) is 1.98. The third-order valence-electron chi connectivity index (χ3n) is 4.50. The number of nitrogens with zero attached hydrogens (tertiary/aromatic N) is 1. The van der Waals surface area contributed by atoms with Crippen LogP contribution in [0.4, 0.5) is 0 Å². The normalized spacial score (nSPS) is 26.6. The maximum atomic E-state index is 11.1. The molecule has 0 saturated heterocycles. The quantitative estimate of drug-likeness (QED) is 0.851. The highest BCUT2D eigenvalue weighted by Gasteiger charge is 2.33. The molecule has 1 saturated carbocycles. The van der Waals surface area contributed by atoms with Gasteiger partial charge in [-0.15, -0.1) is 0 Å². The highest BCUT2D eigenvalue weighted by molar-refractivity contribution is 5.75. The number of likely N-dealkylation sites (N-methyl/N-ethyl adjacent to an activating group) is 1. The Morgan fingerprint density at radius 2 is 2.00 bits per heavy atom. The number of benzene rings is 1. The van der Waals surface area contributed by atoms with Crippen LogP contribution >= 0.6 is 0 Å². The first-order valence-corrected chi connectivity index (χ1v) is 7.35. The average molecular weight is 275 g/mol. The second kappa shape index (κ2) is 6.86. The van der Waals surface area contributed by atoms with Gasteiger partial charge in [-0.1, -0.05) is 30.3 Å². The summed E-state index contributed by atoms with van der Waals surface area (Å²) in [6.45, 7) is 0.984. The molecule has 4 nitrogen and oxygen atoms in total. The molecule has 1 aromatic rings. The van der Waals surface area contributed by atoms with Gasteiger partial charge in [0.2, 0.25) is 5.91 Å². The van der Waals surface area contributed by atoms with E-state index in [1.165, 1.54) is 12.0 Å². The van der Waals surface area contributed by atoms with Crippen molar-refractivity contribution < 1.29 is 4.79 Å². The van der Waals surface area contributed by atoms with E-state index in [2.05, 4.69) is 29.2 Å². The number of rotatable bonds is 5. The first kappa shape index (κ1) is 15.0. The van der Waals surface area contributed by atoms with Crippen molar-refractivity contribution in [2.45, 2.75) is 31.2 Å². The lowest BCUT2D eigenvalue weighted by atomic mass is 9.75. The van der Waals surface area contributed by atoms with E-state index in [9.17, 15) is 4.79 Å². The Balaban J connectivity index is 2.09. The molecular formula is C16H25N3O. The number of nitrogens with two attached hydrogens (primary N) is 2. The minimum atomic E-state index is -0.273. The molecule has 1 fully saturated rings. The molecule has 20 heavy (non-hydrogen) atoms.